The Morgan fingerprint density at radius 1 is 1.03 bits per heavy atom. The first kappa shape index (κ1) is 21.1. The summed E-state index contributed by atoms with van der Waals surface area (Å²) < 4.78 is 13.3. The summed E-state index contributed by atoms with van der Waals surface area (Å²) in [6.07, 6.45) is 0.704. The summed E-state index contributed by atoms with van der Waals surface area (Å²) in [5.41, 5.74) is 5.45. The molecule has 162 valence electrons. The Bertz CT molecular complexity index is 1240. The molecule has 2 heterocycles. The summed E-state index contributed by atoms with van der Waals surface area (Å²) in [6.45, 7) is 2.86. The monoisotopic (exact) mass is 463 g/mol. The number of halogens is 1. The molecule has 0 unspecified atom stereocenters. The lowest BCUT2D eigenvalue weighted by Gasteiger charge is -2.21. The van der Waals surface area contributed by atoms with Crippen LogP contribution in [-0.4, -0.2) is 21.6 Å². The van der Waals surface area contributed by atoms with E-state index in [1.165, 1.54) is 11.1 Å². The normalized spacial score (nSPS) is 12.9. The van der Waals surface area contributed by atoms with Gasteiger partial charge in [-0.3, -0.25) is 4.57 Å². The molecule has 1 aliphatic heterocycles. The van der Waals surface area contributed by atoms with Crippen molar-refractivity contribution in [3.63, 3.8) is 0 Å². The van der Waals surface area contributed by atoms with Crippen LogP contribution in [0.3, 0.4) is 0 Å². The standard InChI is InChI=1S/C25H22ClN3O2S/c1-17-6-5-9-22(10-17)29-23(11-18-7-3-2-4-8-18)27-28-25(29)32-15-20-13-21(26)12-19-14-30-16-31-24(19)20/h2-10,12-13H,11,14-16H2,1H3. The van der Waals surface area contributed by atoms with Crippen molar-refractivity contribution in [3.05, 3.63) is 99.8 Å². The quantitative estimate of drug-likeness (QED) is 0.329. The molecule has 0 radical (unpaired) electrons. The molecule has 0 amide bonds. The molecule has 0 fully saturated rings. The van der Waals surface area contributed by atoms with E-state index in [0.717, 1.165) is 33.5 Å². The third-order valence-corrected chi connectivity index (χ3v) is 6.47. The van der Waals surface area contributed by atoms with Crippen LogP contribution in [0.25, 0.3) is 5.69 Å². The van der Waals surface area contributed by atoms with Crippen molar-refractivity contribution in [2.45, 2.75) is 30.9 Å². The molecule has 4 aromatic rings. The van der Waals surface area contributed by atoms with Gasteiger partial charge in [-0.15, -0.1) is 10.2 Å². The summed E-state index contributed by atoms with van der Waals surface area (Å²) in [7, 11) is 0. The van der Waals surface area contributed by atoms with E-state index in [2.05, 4.69) is 58.1 Å². The molecule has 32 heavy (non-hydrogen) atoms. The van der Waals surface area contributed by atoms with Gasteiger partial charge in [-0.25, -0.2) is 0 Å². The Morgan fingerprint density at radius 3 is 2.75 bits per heavy atom. The zero-order chi connectivity index (χ0) is 21.9. The van der Waals surface area contributed by atoms with Gasteiger partial charge in [-0.2, -0.15) is 0 Å². The molecule has 0 N–H and O–H groups in total. The number of hydrogen-bond donors (Lipinski definition) is 0. The van der Waals surface area contributed by atoms with Crippen molar-refractivity contribution in [2.24, 2.45) is 0 Å². The lowest BCUT2D eigenvalue weighted by Crippen LogP contribution is -2.13. The predicted molar refractivity (Wildman–Crippen MR) is 127 cm³/mol. The summed E-state index contributed by atoms with van der Waals surface area (Å²) in [6, 6.07) is 22.6. The summed E-state index contributed by atoms with van der Waals surface area (Å²) in [5.74, 6) is 2.43. The zero-order valence-electron chi connectivity index (χ0n) is 17.6. The number of thioether (sulfide) groups is 1. The predicted octanol–water partition coefficient (Wildman–Crippen LogP) is 5.98. The molecule has 5 rings (SSSR count). The van der Waals surface area contributed by atoms with Crippen molar-refractivity contribution in [3.8, 4) is 11.4 Å². The van der Waals surface area contributed by atoms with E-state index >= 15 is 0 Å². The van der Waals surface area contributed by atoms with Gasteiger partial charge in [0.05, 0.1) is 6.61 Å². The second kappa shape index (κ2) is 9.36. The number of hydrogen-bond acceptors (Lipinski definition) is 5. The lowest BCUT2D eigenvalue weighted by molar-refractivity contribution is -0.0168. The smallest absolute Gasteiger partial charge is 0.196 e. The Hall–Kier alpha value is -2.80. The third kappa shape index (κ3) is 4.53. The van der Waals surface area contributed by atoms with E-state index in [1.807, 2.05) is 30.3 Å². The molecule has 1 aliphatic rings. The van der Waals surface area contributed by atoms with Crippen LogP contribution in [-0.2, 0) is 23.5 Å². The van der Waals surface area contributed by atoms with Crippen molar-refractivity contribution in [1.29, 1.82) is 0 Å². The fraction of sp³-hybridized carbons (Fsp3) is 0.200. The molecule has 3 aromatic carbocycles. The second-order valence-corrected chi connectivity index (χ2v) is 9.07. The van der Waals surface area contributed by atoms with Gasteiger partial charge in [0, 0.05) is 34.0 Å². The zero-order valence-corrected chi connectivity index (χ0v) is 19.2. The fourth-order valence-electron chi connectivity index (χ4n) is 3.82. The molecule has 0 spiro atoms. The van der Waals surface area contributed by atoms with Gasteiger partial charge in [-0.1, -0.05) is 65.8 Å². The Kier molecular flexibility index (Phi) is 6.17. The van der Waals surface area contributed by atoms with E-state index in [4.69, 9.17) is 21.1 Å². The van der Waals surface area contributed by atoms with Crippen LogP contribution >= 0.6 is 23.4 Å². The van der Waals surface area contributed by atoms with Crippen LogP contribution in [0.4, 0.5) is 0 Å². The molecule has 0 saturated carbocycles. The van der Waals surface area contributed by atoms with Crippen molar-refractivity contribution >= 4 is 23.4 Å². The van der Waals surface area contributed by atoms with Gasteiger partial charge in [0.1, 0.15) is 11.6 Å². The first-order valence-corrected chi connectivity index (χ1v) is 11.7. The minimum absolute atomic E-state index is 0.257. The summed E-state index contributed by atoms with van der Waals surface area (Å²) in [5, 5.41) is 10.6. The first-order valence-electron chi connectivity index (χ1n) is 10.4. The molecule has 0 saturated heterocycles. The Balaban J connectivity index is 1.48. The number of fused-ring (bicyclic) bond motifs is 1. The number of nitrogens with zero attached hydrogens (tertiary/aromatic N) is 3. The van der Waals surface area contributed by atoms with E-state index < -0.39 is 0 Å². The lowest BCUT2D eigenvalue weighted by atomic mass is 10.1. The fourth-order valence-corrected chi connectivity index (χ4v) is 5.02. The largest absolute Gasteiger partial charge is 0.467 e. The Labute approximate surface area is 196 Å². The average Bonchev–Trinajstić information content (AvgIpc) is 3.20. The summed E-state index contributed by atoms with van der Waals surface area (Å²) in [4.78, 5) is 0. The maximum absolute atomic E-state index is 6.35. The van der Waals surface area contributed by atoms with Crippen molar-refractivity contribution in [2.75, 3.05) is 6.79 Å². The van der Waals surface area contributed by atoms with Crippen LogP contribution in [0.5, 0.6) is 5.75 Å². The SMILES string of the molecule is Cc1cccc(-n2c(Cc3ccccc3)nnc2SCc2cc(Cl)cc3c2OCOC3)c1. The second-order valence-electron chi connectivity index (χ2n) is 7.69. The maximum atomic E-state index is 6.35. The molecule has 5 nitrogen and oxygen atoms in total. The van der Waals surface area contributed by atoms with Crippen LogP contribution in [0, 0.1) is 6.92 Å². The van der Waals surface area contributed by atoms with Gasteiger partial charge < -0.3 is 9.47 Å². The minimum atomic E-state index is 0.257. The molecule has 0 atom stereocenters. The number of ether oxygens (including phenoxy) is 2. The molecule has 0 bridgehead atoms. The van der Waals surface area contributed by atoms with Crippen LogP contribution in [0.2, 0.25) is 5.02 Å². The van der Waals surface area contributed by atoms with Gasteiger partial charge in [0.2, 0.25) is 0 Å². The molecular formula is C25H22ClN3O2S. The van der Waals surface area contributed by atoms with Gasteiger partial charge in [0.15, 0.2) is 11.9 Å². The van der Waals surface area contributed by atoms with Gasteiger partial charge >= 0.3 is 0 Å². The van der Waals surface area contributed by atoms with Crippen LogP contribution in [0.1, 0.15) is 28.1 Å². The minimum Gasteiger partial charge on any atom is -0.467 e. The van der Waals surface area contributed by atoms with Crippen molar-refractivity contribution < 1.29 is 9.47 Å². The highest BCUT2D eigenvalue weighted by molar-refractivity contribution is 7.98. The Morgan fingerprint density at radius 2 is 1.91 bits per heavy atom. The highest BCUT2D eigenvalue weighted by Crippen LogP contribution is 2.36. The molecular weight excluding hydrogens is 442 g/mol. The van der Waals surface area contributed by atoms with E-state index in [9.17, 15) is 0 Å². The maximum Gasteiger partial charge on any atom is 0.196 e. The highest BCUT2D eigenvalue weighted by atomic mass is 35.5. The van der Waals surface area contributed by atoms with E-state index in [-0.39, 0.29) is 6.79 Å². The van der Waals surface area contributed by atoms with Crippen LogP contribution in [0.15, 0.2) is 71.9 Å². The van der Waals surface area contributed by atoms with Gasteiger partial charge in [0.25, 0.3) is 0 Å². The third-order valence-electron chi connectivity index (χ3n) is 5.27. The van der Waals surface area contributed by atoms with E-state index in [0.29, 0.717) is 23.8 Å². The number of rotatable bonds is 6. The van der Waals surface area contributed by atoms with Crippen molar-refractivity contribution in [1.82, 2.24) is 14.8 Å². The highest BCUT2D eigenvalue weighted by Gasteiger charge is 2.19. The average molecular weight is 464 g/mol. The number of aromatic nitrogens is 3. The molecule has 0 aliphatic carbocycles. The summed E-state index contributed by atoms with van der Waals surface area (Å²) >= 11 is 7.97. The number of benzene rings is 3. The van der Waals surface area contributed by atoms with Crippen LogP contribution < -0.4 is 4.74 Å². The topological polar surface area (TPSA) is 49.2 Å². The van der Waals surface area contributed by atoms with Gasteiger partial charge in [-0.05, 0) is 42.3 Å². The first-order chi connectivity index (χ1) is 15.7. The molecule has 7 heteroatoms. The molecule has 1 aromatic heterocycles. The van der Waals surface area contributed by atoms with E-state index in [1.54, 1.807) is 11.8 Å². The number of aryl methyl sites for hydroxylation is 1.